The average molecular weight is 258 g/mol. The second kappa shape index (κ2) is 8.63. The molecule has 0 saturated carbocycles. The summed E-state index contributed by atoms with van der Waals surface area (Å²) in [5.41, 5.74) is 0. The van der Waals surface area contributed by atoms with E-state index in [0.717, 1.165) is 6.29 Å². The monoisotopic (exact) mass is 258 g/mol. The molecule has 0 heterocycles. The van der Waals surface area contributed by atoms with E-state index < -0.39 is 0 Å². The van der Waals surface area contributed by atoms with Crippen LogP contribution in [0.25, 0.3) is 0 Å². The van der Waals surface area contributed by atoms with Crippen molar-refractivity contribution in [1.29, 1.82) is 0 Å². The summed E-state index contributed by atoms with van der Waals surface area (Å²) in [5, 5.41) is 2.33. The zero-order valence-corrected chi connectivity index (χ0v) is 11.4. The summed E-state index contributed by atoms with van der Waals surface area (Å²) in [7, 11) is 3.17. The second-order valence-electron chi connectivity index (χ2n) is 4.41. The normalized spacial score (nSPS) is 13.8. The smallest absolute Gasteiger partial charge is 0.242 e. The summed E-state index contributed by atoms with van der Waals surface area (Å²) in [4.78, 5) is 34.2. The fourth-order valence-corrected chi connectivity index (χ4v) is 2.02. The van der Waals surface area contributed by atoms with E-state index in [4.69, 9.17) is 4.74 Å². The molecule has 0 aliphatic rings. The van der Waals surface area contributed by atoms with E-state index in [1.807, 2.05) is 13.8 Å². The molecule has 2 amide bonds. The molecule has 0 aliphatic carbocycles. The van der Waals surface area contributed by atoms with Crippen molar-refractivity contribution >= 4 is 18.6 Å². The molecule has 2 atom stereocenters. The van der Waals surface area contributed by atoms with Gasteiger partial charge in [0.2, 0.25) is 12.3 Å². The van der Waals surface area contributed by atoms with Gasteiger partial charge in [-0.05, 0) is 5.92 Å². The van der Waals surface area contributed by atoms with Gasteiger partial charge in [-0.25, -0.2) is 0 Å². The van der Waals surface area contributed by atoms with Crippen molar-refractivity contribution < 1.29 is 19.1 Å². The second-order valence-corrected chi connectivity index (χ2v) is 4.41. The first-order valence-electron chi connectivity index (χ1n) is 5.88. The predicted octanol–water partition coefficient (Wildman–Crippen LogP) is -0.181. The van der Waals surface area contributed by atoms with Crippen molar-refractivity contribution in [2.24, 2.45) is 5.92 Å². The molecular weight excluding hydrogens is 236 g/mol. The lowest BCUT2D eigenvalue weighted by Gasteiger charge is -2.36. The van der Waals surface area contributed by atoms with E-state index in [1.165, 1.54) is 12.0 Å². The Kier molecular flexibility index (Phi) is 7.94. The lowest BCUT2D eigenvalue weighted by Crippen LogP contribution is -2.50. The SMILES string of the molecule is COC(CC=O)C(C(C)C)N(C)C(=O)CNC=O. The Morgan fingerprint density at radius 2 is 2.00 bits per heavy atom. The number of nitrogens with one attached hydrogen (secondary N) is 1. The number of methoxy groups -OCH3 is 1. The highest BCUT2D eigenvalue weighted by atomic mass is 16.5. The fraction of sp³-hybridized carbons (Fsp3) is 0.750. The minimum atomic E-state index is -0.340. The highest BCUT2D eigenvalue weighted by Crippen LogP contribution is 2.17. The summed E-state index contributed by atoms with van der Waals surface area (Å²) in [6.07, 6.45) is 1.16. The molecule has 0 radical (unpaired) electrons. The number of rotatable bonds is 9. The minimum Gasteiger partial charge on any atom is -0.379 e. The number of carbonyl (C=O) groups excluding carboxylic acids is 3. The number of nitrogens with zero attached hydrogens (tertiary/aromatic N) is 1. The Morgan fingerprint density at radius 1 is 1.39 bits per heavy atom. The first kappa shape index (κ1) is 16.6. The van der Waals surface area contributed by atoms with Gasteiger partial charge in [-0.2, -0.15) is 0 Å². The molecule has 0 aromatic rings. The largest absolute Gasteiger partial charge is 0.379 e. The van der Waals surface area contributed by atoms with Gasteiger partial charge in [-0.15, -0.1) is 0 Å². The zero-order chi connectivity index (χ0) is 14.1. The molecule has 0 bridgehead atoms. The summed E-state index contributed by atoms with van der Waals surface area (Å²) < 4.78 is 5.27. The third kappa shape index (κ3) is 4.83. The van der Waals surface area contributed by atoms with E-state index in [0.29, 0.717) is 6.41 Å². The van der Waals surface area contributed by atoms with Gasteiger partial charge in [0, 0.05) is 20.6 Å². The van der Waals surface area contributed by atoms with Gasteiger partial charge >= 0.3 is 0 Å². The van der Waals surface area contributed by atoms with Crippen LogP contribution in [0.5, 0.6) is 0 Å². The van der Waals surface area contributed by atoms with Gasteiger partial charge in [0.25, 0.3) is 0 Å². The molecule has 104 valence electrons. The molecule has 6 nitrogen and oxygen atoms in total. The number of hydrogen-bond donors (Lipinski definition) is 1. The van der Waals surface area contributed by atoms with E-state index in [9.17, 15) is 14.4 Å². The first-order chi connectivity index (χ1) is 8.49. The van der Waals surface area contributed by atoms with Crippen molar-refractivity contribution in [3.63, 3.8) is 0 Å². The molecule has 0 rings (SSSR count). The lowest BCUT2D eigenvalue weighted by atomic mass is 9.95. The van der Waals surface area contributed by atoms with Crippen LogP contribution in [0.2, 0.25) is 0 Å². The third-order valence-electron chi connectivity index (χ3n) is 2.87. The van der Waals surface area contributed by atoms with E-state index >= 15 is 0 Å². The van der Waals surface area contributed by atoms with Gasteiger partial charge in [0.05, 0.1) is 18.7 Å². The molecule has 6 heteroatoms. The number of amides is 2. The maximum absolute atomic E-state index is 11.8. The van der Waals surface area contributed by atoms with Crippen LogP contribution < -0.4 is 5.32 Å². The van der Waals surface area contributed by atoms with E-state index in [2.05, 4.69) is 5.32 Å². The van der Waals surface area contributed by atoms with Gasteiger partial charge in [0.15, 0.2) is 0 Å². The van der Waals surface area contributed by atoms with Crippen LogP contribution >= 0.6 is 0 Å². The van der Waals surface area contributed by atoms with Crippen molar-refractivity contribution in [3.8, 4) is 0 Å². The Morgan fingerprint density at radius 3 is 2.39 bits per heavy atom. The molecule has 0 saturated heterocycles. The first-order valence-corrected chi connectivity index (χ1v) is 5.88. The highest BCUT2D eigenvalue weighted by Gasteiger charge is 2.30. The van der Waals surface area contributed by atoms with Crippen LogP contribution in [0.3, 0.4) is 0 Å². The molecule has 18 heavy (non-hydrogen) atoms. The number of carbonyl (C=O) groups is 3. The highest BCUT2D eigenvalue weighted by molar-refractivity contribution is 5.80. The van der Waals surface area contributed by atoms with Crippen molar-refractivity contribution in [2.45, 2.75) is 32.4 Å². The van der Waals surface area contributed by atoms with Crippen LogP contribution in [0.4, 0.5) is 0 Å². The predicted molar refractivity (Wildman–Crippen MR) is 66.9 cm³/mol. The third-order valence-corrected chi connectivity index (χ3v) is 2.87. The Bertz CT molecular complexity index is 281. The van der Waals surface area contributed by atoms with Crippen LogP contribution in [-0.2, 0) is 19.1 Å². The topological polar surface area (TPSA) is 75.7 Å². The van der Waals surface area contributed by atoms with E-state index in [-0.39, 0.29) is 36.9 Å². The van der Waals surface area contributed by atoms with Crippen LogP contribution in [0.15, 0.2) is 0 Å². The Labute approximate surface area is 108 Å². The van der Waals surface area contributed by atoms with Crippen molar-refractivity contribution in [2.75, 3.05) is 20.7 Å². The average Bonchev–Trinajstić information content (AvgIpc) is 2.34. The minimum absolute atomic E-state index is 0.0548. The van der Waals surface area contributed by atoms with Gasteiger partial charge in [0.1, 0.15) is 6.29 Å². The molecular formula is C12H22N2O4. The van der Waals surface area contributed by atoms with Crippen LogP contribution in [0.1, 0.15) is 20.3 Å². The van der Waals surface area contributed by atoms with Crippen LogP contribution in [0, 0.1) is 5.92 Å². The molecule has 1 N–H and O–H groups in total. The van der Waals surface area contributed by atoms with Gasteiger partial charge in [-0.3, -0.25) is 9.59 Å². The summed E-state index contributed by atoms with van der Waals surface area (Å²) in [5.74, 6) is -0.0752. The molecule has 0 spiro atoms. The quantitative estimate of drug-likeness (QED) is 0.582. The summed E-state index contributed by atoms with van der Waals surface area (Å²) in [6.45, 7) is 3.86. The van der Waals surface area contributed by atoms with Gasteiger partial charge in [-0.1, -0.05) is 13.8 Å². The molecule has 0 aromatic carbocycles. The van der Waals surface area contributed by atoms with E-state index in [1.54, 1.807) is 7.05 Å². The van der Waals surface area contributed by atoms with Crippen molar-refractivity contribution in [3.05, 3.63) is 0 Å². The zero-order valence-electron chi connectivity index (χ0n) is 11.4. The molecule has 0 fully saturated rings. The summed E-state index contributed by atoms with van der Waals surface area (Å²) >= 11 is 0. The number of aldehydes is 1. The van der Waals surface area contributed by atoms with Gasteiger partial charge < -0.3 is 19.7 Å². The molecule has 2 unspecified atom stereocenters. The maximum Gasteiger partial charge on any atom is 0.242 e. The fourth-order valence-electron chi connectivity index (χ4n) is 2.02. The standard InChI is InChI=1S/C12H22N2O4/c1-9(2)12(10(18-4)5-6-15)14(3)11(17)7-13-8-16/h6,8-10,12H,5,7H2,1-4H3,(H,13,16). The number of likely N-dealkylation sites (N-methyl/N-ethyl adjacent to an activating group) is 1. The molecule has 0 aliphatic heterocycles. The number of ether oxygens (including phenoxy) is 1. The van der Waals surface area contributed by atoms with Crippen molar-refractivity contribution in [1.82, 2.24) is 10.2 Å². The Hall–Kier alpha value is -1.43. The molecule has 0 aromatic heterocycles. The summed E-state index contributed by atoms with van der Waals surface area (Å²) in [6, 6.07) is -0.207. The Balaban J connectivity index is 4.80. The van der Waals surface area contributed by atoms with Crippen LogP contribution in [-0.4, -0.2) is 56.4 Å². The lowest BCUT2D eigenvalue weighted by molar-refractivity contribution is -0.137. The number of hydrogen-bond acceptors (Lipinski definition) is 4. The maximum atomic E-state index is 11.8.